The Kier molecular flexibility index (Phi) is 11.4. The van der Waals surface area contributed by atoms with Crippen LogP contribution in [0.5, 0.6) is 0 Å². The van der Waals surface area contributed by atoms with E-state index in [2.05, 4.69) is 26.1 Å². The highest BCUT2D eigenvalue weighted by Gasteiger charge is 2.31. The van der Waals surface area contributed by atoms with Crippen molar-refractivity contribution in [2.45, 2.75) is 33.1 Å². The third kappa shape index (κ3) is 14.8. The molecule has 1 atom stereocenters. The molecule has 0 bridgehead atoms. The van der Waals surface area contributed by atoms with Gasteiger partial charge in [-0.15, -0.1) is 6.42 Å². The minimum Gasteiger partial charge on any atom is -0.306 e. The summed E-state index contributed by atoms with van der Waals surface area (Å²) in [6, 6.07) is 0. The van der Waals surface area contributed by atoms with E-state index in [0.29, 0.717) is 6.54 Å². The number of hydrogen-bond acceptors (Lipinski definition) is 5. The van der Waals surface area contributed by atoms with Gasteiger partial charge in [0.05, 0.1) is 13.2 Å². The van der Waals surface area contributed by atoms with E-state index in [-0.39, 0.29) is 6.61 Å². The lowest BCUT2D eigenvalue weighted by molar-refractivity contribution is 0.191. The molecule has 0 heterocycles. The van der Waals surface area contributed by atoms with Crippen molar-refractivity contribution in [1.82, 2.24) is 5.32 Å². The molecular formula is C14H25NO7P2. The second kappa shape index (κ2) is 11.8. The van der Waals surface area contributed by atoms with Crippen LogP contribution in [0.3, 0.4) is 0 Å². The van der Waals surface area contributed by atoms with Crippen molar-refractivity contribution in [3.8, 4) is 12.3 Å². The Morgan fingerprint density at radius 3 is 2.38 bits per heavy atom. The van der Waals surface area contributed by atoms with Gasteiger partial charge < -0.3 is 20.0 Å². The monoisotopic (exact) mass is 381 g/mol. The lowest BCUT2D eigenvalue weighted by Crippen LogP contribution is -2.15. The number of phosphoric acid groups is 2. The first-order chi connectivity index (χ1) is 11.1. The van der Waals surface area contributed by atoms with Crippen LogP contribution in [0, 0.1) is 12.3 Å². The first kappa shape index (κ1) is 23.3. The molecule has 0 aliphatic heterocycles. The van der Waals surface area contributed by atoms with Gasteiger partial charge in [-0.1, -0.05) is 29.2 Å². The van der Waals surface area contributed by atoms with Crippen LogP contribution in [0.4, 0.5) is 0 Å². The molecule has 0 rings (SSSR count). The Morgan fingerprint density at radius 2 is 1.79 bits per heavy atom. The normalized spacial score (nSPS) is 15.8. The molecule has 0 saturated carbocycles. The van der Waals surface area contributed by atoms with Crippen LogP contribution in [-0.4, -0.2) is 34.4 Å². The van der Waals surface area contributed by atoms with Crippen molar-refractivity contribution in [3.63, 3.8) is 0 Å². The first-order valence-electron chi connectivity index (χ1n) is 7.25. The zero-order valence-corrected chi connectivity index (χ0v) is 15.6. The lowest BCUT2D eigenvalue weighted by Gasteiger charge is -2.11. The predicted octanol–water partition coefficient (Wildman–Crippen LogP) is 2.50. The fourth-order valence-corrected chi connectivity index (χ4v) is 3.15. The van der Waals surface area contributed by atoms with Gasteiger partial charge in [-0.2, -0.15) is 4.31 Å². The van der Waals surface area contributed by atoms with Crippen LogP contribution in [0.1, 0.15) is 33.1 Å². The number of nitrogens with one attached hydrogen (secondary N) is 1. The summed E-state index contributed by atoms with van der Waals surface area (Å²) in [5, 5.41) is 3.10. The molecule has 4 N–H and O–H groups in total. The van der Waals surface area contributed by atoms with Gasteiger partial charge in [0.2, 0.25) is 0 Å². The molecule has 0 aliphatic rings. The zero-order chi connectivity index (χ0) is 18.6. The Morgan fingerprint density at radius 1 is 1.17 bits per heavy atom. The maximum Gasteiger partial charge on any atom is 0.481 e. The smallest absolute Gasteiger partial charge is 0.306 e. The number of hydrogen-bond donors (Lipinski definition) is 4. The molecule has 1 unspecified atom stereocenters. The fraction of sp³-hybridized carbons (Fsp3) is 0.571. The van der Waals surface area contributed by atoms with Crippen molar-refractivity contribution < 1.29 is 32.6 Å². The molecule has 0 aliphatic carbocycles. The van der Waals surface area contributed by atoms with E-state index in [1.165, 1.54) is 5.57 Å². The quantitative estimate of drug-likeness (QED) is 0.176. The Labute approximate surface area is 142 Å². The summed E-state index contributed by atoms with van der Waals surface area (Å²) >= 11 is 0. The van der Waals surface area contributed by atoms with E-state index in [9.17, 15) is 9.13 Å². The van der Waals surface area contributed by atoms with E-state index in [4.69, 9.17) is 21.1 Å². The summed E-state index contributed by atoms with van der Waals surface area (Å²) in [6.45, 7) is 4.95. The predicted molar refractivity (Wildman–Crippen MR) is 92.0 cm³/mol. The highest BCUT2D eigenvalue weighted by molar-refractivity contribution is 7.60. The molecule has 0 saturated heterocycles. The summed E-state index contributed by atoms with van der Waals surface area (Å²) in [5.41, 5.74) is 2.15. The van der Waals surface area contributed by atoms with Gasteiger partial charge in [-0.3, -0.25) is 4.52 Å². The minimum absolute atomic E-state index is 0.279. The van der Waals surface area contributed by atoms with Gasteiger partial charge in [-0.05, 0) is 39.7 Å². The van der Waals surface area contributed by atoms with Gasteiger partial charge in [0.1, 0.15) is 0 Å². The van der Waals surface area contributed by atoms with Crippen molar-refractivity contribution in [2.24, 2.45) is 0 Å². The van der Waals surface area contributed by atoms with Crippen LogP contribution < -0.4 is 5.32 Å². The fourth-order valence-electron chi connectivity index (χ4n) is 1.63. The summed E-state index contributed by atoms with van der Waals surface area (Å²) in [7, 11) is -9.85. The number of terminal acetylenes is 1. The molecular weight excluding hydrogens is 356 g/mol. The molecule has 0 aromatic heterocycles. The first-order valence-corrected chi connectivity index (χ1v) is 10.3. The molecule has 0 fully saturated rings. The zero-order valence-electron chi connectivity index (χ0n) is 13.8. The van der Waals surface area contributed by atoms with E-state index in [0.717, 1.165) is 31.4 Å². The standard InChI is InChI=1S/C14H25NO7P2/c1-4-10-15-11-8-13(2)6-5-7-14(3)9-12-21-24(19,20)22-23(16,17)18/h1,6,9,15H,5,7-8,10-12H2,2-3H3,(H,19,20)(H2,16,17,18)/b13-6+,14-9+. The third-order valence-electron chi connectivity index (χ3n) is 2.83. The molecule has 0 radical (unpaired) electrons. The molecule has 24 heavy (non-hydrogen) atoms. The van der Waals surface area contributed by atoms with Crippen molar-refractivity contribution in [3.05, 3.63) is 23.3 Å². The van der Waals surface area contributed by atoms with Crippen molar-refractivity contribution in [1.29, 1.82) is 0 Å². The SMILES string of the molecule is C#CCNCC/C(C)=C/CC/C(C)=C/COP(=O)(O)OP(=O)(O)O. The van der Waals surface area contributed by atoms with Gasteiger partial charge in [0, 0.05) is 0 Å². The summed E-state index contributed by atoms with van der Waals surface area (Å²) in [5.74, 6) is 2.50. The molecule has 0 amide bonds. The maximum absolute atomic E-state index is 11.2. The van der Waals surface area contributed by atoms with Crippen LogP contribution in [0.2, 0.25) is 0 Å². The summed E-state index contributed by atoms with van der Waals surface area (Å²) in [4.78, 5) is 26.0. The molecule has 0 aromatic carbocycles. The van der Waals surface area contributed by atoms with Gasteiger partial charge in [0.25, 0.3) is 0 Å². The molecule has 0 aromatic rings. The van der Waals surface area contributed by atoms with Crippen LogP contribution >= 0.6 is 15.6 Å². The van der Waals surface area contributed by atoms with Gasteiger partial charge in [-0.25, -0.2) is 9.13 Å². The highest BCUT2D eigenvalue weighted by Crippen LogP contribution is 2.57. The van der Waals surface area contributed by atoms with E-state index in [1.807, 2.05) is 13.8 Å². The Bertz CT molecular complexity index is 574. The molecule has 138 valence electrons. The summed E-state index contributed by atoms with van der Waals surface area (Å²) in [6.07, 6.45) is 11.2. The van der Waals surface area contributed by atoms with Crippen LogP contribution in [0.25, 0.3) is 0 Å². The molecule has 0 spiro atoms. The Balaban J connectivity index is 4.09. The lowest BCUT2D eigenvalue weighted by atomic mass is 10.1. The second-order valence-corrected chi connectivity index (χ2v) is 7.94. The minimum atomic E-state index is -5.08. The molecule has 10 heteroatoms. The number of phosphoric ester groups is 1. The van der Waals surface area contributed by atoms with Gasteiger partial charge in [0.15, 0.2) is 0 Å². The highest BCUT2D eigenvalue weighted by atomic mass is 31.3. The van der Waals surface area contributed by atoms with Gasteiger partial charge >= 0.3 is 15.6 Å². The maximum atomic E-state index is 11.2. The van der Waals surface area contributed by atoms with Crippen molar-refractivity contribution in [2.75, 3.05) is 19.7 Å². The summed E-state index contributed by atoms with van der Waals surface area (Å²) < 4.78 is 29.8. The average Bonchev–Trinajstić information content (AvgIpc) is 2.40. The molecule has 8 nitrogen and oxygen atoms in total. The second-order valence-electron chi connectivity index (χ2n) is 5.11. The van der Waals surface area contributed by atoms with E-state index < -0.39 is 15.6 Å². The van der Waals surface area contributed by atoms with E-state index in [1.54, 1.807) is 6.08 Å². The topological polar surface area (TPSA) is 125 Å². The largest absolute Gasteiger partial charge is 0.481 e. The number of allylic oxidation sites excluding steroid dienone is 2. The Hall–Kier alpha value is -0.740. The van der Waals surface area contributed by atoms with E-state index >= 15 is 0 Å². The van der Waals surface area contributed by atoms with Crippen molar-refractivity contribution >= 4 is 15.6 Å². The third-order valence-corrected chi connectivity index (χ3v) is 4.99. The average molecular weight is 381 g/mol. The van der Waals surface area contributed by atoms with Crippen LogP contribution in [-0.2, 0) is 18.0 Å². The number of rotatable bonds is 12. The van der Waals surface area contributed by atoms with Crippen LogP contribution in [0.15, 0.2) is 23.3 Å².